The summed E-state index contributed by atoms with van der Waals surface area (Å²) in [5.74, 6) is -0.500. The molecule has 1 aliphatic heterocycles. The third-order valence-electron chi connectivity index (χ3n) is 6.72. The van der Waals surface area contributed by atoms with Gasteiger partial charge in [0.1, 0.15) is 6.04 Å². The van der Waals surface area contributed by atoms with Crippen LogP contribution in [0.1, 0.15) is 23.6 Å². The van der Waals surface area contributed by atoms with E-state index in [1.807, 2.05) is 24.0 Å². The second kappa shape index (κ2) is 14.7. The normalized spacial score (nSPS) is 15.6. The minimum atomic E-state index is -4.45. The number of nitrogens with zero attached hydrogens (tertiary/aromatic N) is 2. The molecule has 1 saturated heterocycles. The van der Waals surface area contributed by atoms with Crippen molar-refractivity contribution >= 4 is 29.1 Å². The van der Waals surface area contributed by atoms with Gasteiger partial charge in [0.05, 0.1) is 18.7 Å². The number of benzene rings is 2. The van der Waals surface area contributed by atoms with Gasteiger partial charge in [-0.3, -0.25) is 9.59 Å². The van der Waals surface area contributed by atoms with E-state index < -0.39 is 17.8 Å². The SMILES string of the molecule is CNCC(=O)NC(Cc1ccc(Cl)cc1)C(=O)N1CCN(c2ccc(C(F)(F)F)cc2CNC(C)COC)CC1. The predicted octanol–water partition coefficient (Wildman–Crippen LogP) is 3.08. The Balaban J connectivity index is 1.73. The molecule has 0 bridgehead atoms. The van der Waals surface area contributed by atoms with Crippen molar-refractivity contribution in [2.24, 2.45) is 0 Å². The third kappa shape index (κ3) is 9.09. The van der Waals surface area contributed by atoms with Gasteiger partial charge in [-0.2, -0.15) is 13.2 Å². The van der Waals surface area contributed by atoms with Gasteiger partial charge in [-0.15, -0.1) is 0 Å². The fourth-order valence-electron chi connectivity index (χ4n) is 4.66. The van der Waals surface area contributed by atoms with Crippen LogP contribution in [-0.4, -0.2) is 82.3 Å². The molecule has 40 heavy (non-hydrogen) atoms. The zero-order chi connectivity index (χ0) is 29.3. The van der Waals surface area contributed by atoms with Crippen molar-refractivity contribution in [2.75, 3.05) is 58.4 Å². The van der Waals surface area contributed by atoms with Gasteiger partial charge in [-0.25, -0.2) is 0 Å². The number of nitrogens with one attached hydrogen (secondary N) is 3. The highest BCUT2D eigenvalue weighted by Gasteiger charge is 2.33. The molecule has 2 unspecified atom stereocenters. The number of piperazine rings is 1. The molecule has 0 spiro atoms. The van der Waals surface area contributed by atoms with Crippen LogP contribution in [0, 0.1) is 0 Å². The lowest BCUT2D eigenvalue weighted by Crippen LogP contribution is -2.56. The van der Waals surface area contributed by atoms with Gasteiger partial charge in [0, 0.05) is 63.0 Å². The lowest BCUT2D eigenvalue weighted by atomic mass is 10.0. The van der Waals surface area contributed by atoms with E-state index in [4.69, 9.17) is 16.3 Å². The number of rotatable bonds is 12. The molecule has 0 aromatic heterocycles. The Morgan fingerprint density at radius 2 is 1.75 bits per heavy atom. The smallest absolute Gasteiger partial charge is 0.383 e. The molecule has 2 aromatic carbocycles. The molecule has 3 rings (SSSR count). The van der Waals surface area contributed by atoms with Crippen LogP contribution in [0.5, 0.6) is 0 Å². The van der Waals surface area contributed by atoms with E-state index in [0.717, 1.165) is 11.6 Å². The molecule has 0 radical (unpaired) electrons. The Hall–Kier alpha value is -2.86. The summed E-state index contributed by atoms with van der Waals surface area (Å²) in [6.07, 6.45) is -4.15. The number of hydrogen-bond acceptors (Lipinski definition) is 6. The Bertz CT molecular complexity index is 1130. The maximum absolute atomic E-state index is 13.5. The number of ether oxygens (including phenoxy) is 1. The lowest BCUT2D eigenvalue weighted by molar-refractivity contribution is -0.137. The van der Waals surface area contributed by atoms with Gasteiger partial charge in [-0.1, -0.05) is 23.7 Å². The van der Waals surface area contributed by atoms with E-state index in [9.17, 15) is 22.8 Å². The number of amides is 2. The van der Waals surface area contributed by atoms with Crippen LogP contribution in [0.4, 0.5) is 18.9 Å². The van der Waals surface area contributed by atoms with E-state index >= 15 is 0 Å². The van der Waals surface area contributed by atoms with Crippen molar-refractivity contribution in [3.05, 3.63) is 64.2 Å². The van der Waals surface area contributed by atoms with E-state index in [-0.39, 0.29) is 30.9 Å². The Morgan fingerprint density at radius 1 is 1.07 bits per heavy atom. The number of hydrogen-bond donors (Lipinski definition) is 3. The van der Waals surface area contributed by atoms with Crippen LogP contribution in [-0.2, 0) is 33.5 Å². The molecule has 1 fully saturated rings. The molecule has 2 atom stereocenters. The van der Waals surface area contributed by atoms with Gasteiger partial charge in [0.15, 0.2) is 0 Å². The number of methoxy groups -OCH3 is 1. The number of likely N-dealkylation sites (N-methyl/N-ethyl adjacent to an activating group) is 1. The highest BCUT2D eigenvalue weighted by molar-refractivity contribution is 6.30. The van der Waals surface area contributed by atoms with Gasteiger partial charge in [0.2, 0.25) is 11.8 Å². The first-order valence-electron chi connectivity index (χ1n) is 13.2. The van der Waals surface area contributed by atoms with E-state index in [0.29, 0.717) is 55.5 Å². The van der Waals surface area contributed by atoms with Crippen molar-refractivity contribution in [3.63, 3.8) is 0 Å². The maximum Gasteiger partial charge on any atom is 0.416 e. The quantitative estimate of drug-likeness (QED) is 0.356. The molecule has 220 valence electrons. The van der Waals surface area contributed by atoms with Gasteiger partial charge < -0.3 is 30.5 Å². The second-order valence-corrected chi connectivity index (χ2v) is 10.3. The topological polar surface area (TPSA) is 85.9 Å². The summed E-state index contributed by atoms with van der Waals surface area (Å²) >= 11 is 5.99. The summed E-state index contributed by atoms with van der Waals surface area (Å²) in [7, 11) is 3.22. The first-order valence-corrected chi connectivity index (χ1v) is 13.5. The Labute approximate surface area is 238 Å². The lowest BCUT2D eigenvalue weighted by Gasteiger charge is -2.38. The third-order valence-corrected chi connectivity index (χ3v) is 6.97. The van der Waals surface area contributed by atoms with E-state index in [1.165, 1.54) is 12.1 Å². The average molecular weight is 584 g/mol. The largest absolute Gasteiger partial charge is 0.416 e. The zero-order valence-electron chi connectivity index (χ0n) is 23.0. The fourth-order valence-corrected chi connectivity index (χ4v) is 4.78. The molecule has 2 aromatic rings. The van der Waals surface area contributed by atoms with Crippen LogP contribution in [0.25, 0.3) is 0 Å². The first kappa shape index (κ1) is 31.7. The van der Waals surface area contributed by atoms with Gasteiger partial charge >= 0.3 is 6.18 Å². The number of carbonyl (C=O) groups is 2. The summed E-state index contributed by atoms with van der Waals surface area (Å²) in [6.45, 7) is 4.26. The van der Waals surface area contributed by atoms with Crippen molar-refractivity contribution in [1.82, 2.24) is 20.9 Å². The molecule has 3 N–H and O–H groups in total. The number of anilines is 1. The van der Waals surface area contributed by atoms with Crippen LogP contribution in [0.15, 0.2) is 42.5 Å². The van der Waals surface area contributed by atoms with Crippen molar-refractivity contribution in [1.29, 1.82) is 0 Å². The van der Waals surface area contributed by atoms with E-state index in [2.05, 4.69) is 16.0 Å². The zero-order valence-corrected chi connectivity index (χ0v) is 23.7. The molecular formula is C28H37ClF3N5O3. The number of carbonyl (C=O) groups excluding carboxylic acids is 2. The molecule has 2 amide bonds. The number of halogens is 4. The monoisotopic (exact) mass is 583 g/mol. The first-order chi connectivity index (χ1) is 19.0. The standard InChI is InChI=1S/C28H37ClF3N5O3/c1-19(18-40-3)34-16-21-15-22(28(30,31)32)6-9-25(21)36-10-12-37(13-11-36)27(39)24(35-26(38)17-33-2)14-20-4-7-23(29)8-5-20/h4-9,15,19,24,33-34H,10-14,16-18H2,1-3H3,(H,35,38). The van der Waals surface area contributed by atoms with Gasteiger partial charge in [-0.05, 0) is 55.4 Å². The van der Waals surface area contributed by atoms with Crippen molar-refractivity contribution in [3.8, 4) is 0 Å². The predicted molar refractivity (Wildman–Crippen MR) is 149 cm³/mol. The molecule has 12 heteroatoms. The fraction of sp³-hybridized carbons (Fsp3) is 0.500. The molecule has 1 heterocycles. The van der Waals surface area contributed by atoms with Gasteiger partial charge in [0.25, 0.3) is 0 Å². The van der Waals surface area contributed by atoms with E-state index in [1.54, 1.807) is 31.2 Å². The maximum atomic E-state index is 13.5. The average Bonchev–Trinajstić information content (AvgIpc) is 2.92. The minimum Gasteiger partial charge on any atom is -0.383 e. The van der Waals surface area contributed by atoms with Crippen LogP contribution in [0.3, 0.4) is 0 Å². The minimum absolute atomic E-state index is 0.0439. The second-order valence-electron chi connectivity index (χ2n) is 9.87. The summed E-state index contributed by atoms with van der Waals surface area (Å²) in [5.41, 5.74) is 1.37. The van der Waals surface area contributed by atoms with Crippen molar-refractivity contribution in [2.45, 2.75) is 38.1 Å². The number of alkyl halides is 3. The molecule has 0 aliphatic carbocycles. The van der Waals surface area contributed by atoms with Crippen LogP contribution < -0.4 is 20.9 Å². The van der Waals surface area contributed by atoms with Crippen LogP contribution >= 0.6 is 11.6 Å². The molecule has 0 saturated carbocycles. The molecule has 8 nitrogen and oxygen atoms in total. The van der Waals surface area contributed by atoms with Crippen LogP contribution in [0.2, 0.25) is 5.02 Å². The highest BCUT2D eigenvalue weighted by atomic mass is 35.5. The summed E-state index contributed by atoms with van der Waals surface area (Å²) < 4.78 is 45.5. The Morgan fingerprint density at radius 3 is 2.35 bits per heavy atom. The summed E-state index contributed by atoms with van der Waals surface area (Å²) in [6, 6.07) is 10.1. The summed E-state index contributed by atoms with van der Waals surface area (Å²) in [5, 5.41) is 9.40. The molecule has 1 aliphatic rings. The molecular weight excluding hydrogens is 547 g/mol. The van der Waals surface area contributed by atoms with Crippen molar-refractivity contribution < 1.29 is 27.5 Å². The highest BCUT2D eigenvalue weighted by Crippen LogP contribution is 2.33. The Kier molecular flexibility index (Phi) is 11.6. The summed E-state index contributed by atoms with van der Waals surface area (Å²) in [4.78, 5) is 29.5.